The molecule has 2 aliphatic rings. The lowest BCUT2D eigenvalue weighted by atomic mass is 9.98. The number of carbonyl (C=O) groups excluding carboxylic acids is 1. The number of nitrogens with zero attached hydrogens (tertiary/aromatic N) is 3. The molecule has 5 heteroatoms. The molecule has 1 aromatic rings. The van der Waals surface area contributed by atoms with Gasteiger partial charge >= 0.3 is 5.97 Å². The molecule has 3 rings (SSSR count). The topological polar surface area (TPSA) is 54.3 Å². The molecule has 116 valence electrons. The molecule has 5 nitrogen and oxygen atoms in total. The Kier molecular flexibility index (Phi) is 3.96. The number of anilines is 1. The Hall–Kier alpha value is -2.17. The Morgan fingerprint density at radius 1 is 1.36 bits per heavy atom. The van der Waals surface area contributed by atoms with Crippen molar-refractivity contribution < 1.29 is 9.53 Å². The maximum absolute atomic E-state index is 11.8. The van der Waals surface area contributed by atoms with Gasteiger partial charge in [0.05, 0.1) is 5.69 Å². The molecular formula is C17H21N3O2. The number of aryl methyl sites for hydroxylation is 2. The van der Waals surface area contributed by atoms with Gasteiger partial charge in [0.2, 0.25) is 11.7 Å². The first-order valence-electron chi connectivity index (χ1n) is 7.89. The summed E-state index contributed by atoms with van der Waals surface area (Å²) in [6.45, 7) is 8.21. The second-order valence-corrected chi connectivity index (χ2v) is 5.63. The maximum atomic E-state index is 11.8. The van der Waals surface area contributed by atoms with Crippen molar-refractivity contribution in [1.82, 2.24) is 0 Å². The second-order valence-electron chi connectivity index (χ2n) is 5.63. The number of fused-ring (bicyclic) bond motifs is 1. The van der Waals surface area contributed by atoms with Crippen LogP contribution in [0.4, 0.5) is 11.4 Å². The van der Waals surface area contributed by atoms with Crippen molar-refractivity contribution in [3.63, 3.8) is 0 Å². The van der Waals surface area contributed by atoms with Crippen LogP contribution in [0.15, 0.2) is 22.1 Å². The summed E-state index contributed by atoms with van der Waals surface area (Å²) < 4.78 is 5.05. The molecule has 2 heterocycles. The zero-order valence-electron chi connectivity index (χ0n) is 13.3. The van der Waals surface area contributed by atoms with Crippen LogP contribution in [0.2, 0.25) is 0 Å². The Bertz CT molecular complexity index is 677. The molecule has 1 aromatic carbocycles. The lowest BCUT2D eigenvalue weighted by Crippen LogP contribution is -2.28. The van der Waals surface area contributed by atoms with E-state index in [1.807, 2.05) is 13.8 Å². The van der Waals surface area contributed by atoms with E-state index in [0.717, 1.165) is 37.2 Å². The molecule has 0 spiro atoms. The monoisotopic (exact) mass is 299 g/mol. The fourth-order valence-electron chi connectivity index (χ4n) is 2.92. The molecule has 0 atom stereocenters. The van der Waals surface area contributed by atoms with Crippen molar-refractivity contribution in [3.8, 4) is 0 Å². The van der Waals surface area contributed by atoms with E-state index in [1.165, 1.54) is 11.3 Å². The molecule has 0 aromatic heterocycles. The number of ether oxygens (including phenoxy) is 1. The zero-order chi connectivity index (χ0) is 15.7. The summed E-state index contributed by atoms with van der Waals surface area (Å²) in [7, 11) is 0. The second kappa shape index (κ2) is 5.91. The first-order valence-corrected chi connectivity index (χ1v) is 7.89. The van der Waals surface area contributed by atoms with Crippen molar-refractivity contribution in [2.45, 2.75) is 40.0 Å². The summed E-state index contributed by atoms with van der Waals surface area (Å²) in [6, 6.07) is 4.26. The average molecular weight is 299 g/mol. The fourth-order valence-corrected chi connectivity index (χ4v) is 2.92. The van der Waals surface area contributed by atoms with E-state index in [-0.39, 0.29) is 5.84 Å². The standard InChI is InChI=1S/C17H21N3O2/c1-4-15-19-16(17(21)22-15)18-13-10-12-7-6-8-20(5-2)14(12)9-11(13)3/h9-10H,4-8H2,1-3H3. The van der Waals surface area contributed by atoms with Gasteiger partial charge in [-0.05, 0) is 49.9 Å². The van der Waals surface area contributed by atoms with Gasteiger partial charge in [0.15, 0.2) is 0 Å². The third-order valence-corrected chi connectivity index (χ3v) is 4.15. The number of carbonyl (C=O) groups is 1. The predicted molar refractivity (Wildman–Crippen MR) is 88.3 cm³/mol. The summed E-state index contributed by atoms with van der Waals surface area (Å²) in [6.07, 6.45) is 2.80. The summed E-state index contributed by atoms with van der Waals surface area (Å²) in [4.78, 5) is 22.7. The van der Waals surface area contributed by atoms with Crippen LogP contribution >= 0.6 is 0 Å². The molecule has 0 unspecified atom stereocenters. The molecule has 0 saturated heterocycles. The lowest BCUT2D eigenvalue weighted by molar-refractivity contribution is -0.127. The molecule has 0 N–H and O–H groups in total. The van der Waals surface area contributed by atoms with Crippen LogP contribution in [0.3, 0.4) is 0 Å². The largest absolute Gasteiger partial charge is 0.406 e. The molecule has 0 bridgehead atoms. The Balaban J connectivity index is 1.99. The molecule has 0 aliphatic carbocycles. The molecule has 0 radical (unpaired) electrons. The number of hydrogen-bond acceptors (Lipinski definition) is 4. The molecule has 22 heavy (non-hydrogen) atoms. The number of aliphatic imine (C=N–C) groups is 2. The summed E-state index contributed by atoms with van der Waals surface area (Å²) in [5, 5.41) is 0. The predicted octanol–water partition coefficient (Wildman–Crippen LogP) is 3.16. The number of benzene rings is 1. The minimum Gasteiger partial charge on any atom is -0.406 e. The number of amidine groups is 1. The molecule has 0 saturated carbocycles. The van der Waals surface area contributed by atoms with E-state index in [0.29, 0.717) is 12.3 Å². The van der Waals surface area contributed by atoms with Crippen molar-refractivity contribution in [3.05, 3.63) is 23.3 Å². The number of esters is 1. The van der Waals surface area contributed by atoms with Gasteiger partial charge in [-0.2, -0.15) is 4.99 Å². The SMILES string of the molecule is CCC1=NC(=Nc2cc3c(cc2C)N(CC)CCC3)C(=O)O1. The smallest absolute Gasteiger partial charge is 0.382 e. The number of rotatable bonds is 3. The van der Waals surface area contributed by atoms with Gasteiger partial charge in [-0.25, -0.2) is 9.79 Å². The van der Waals surface area contributed by atoms with Gasteiger partial charge in [0, 0.05) is 25.2 Å². The van der Waals surface area contributed by atoms with Gasteiger partial charge in [-0.15, -0.1) is 0 Å². The lowest BCUT2D eigenvalue weighted by Gasteiger charge is -2.31. The van der Waals surface area contributed by atoms with Gasteiger partial charge in [0.25, 0.3) is 0 Å². The molecule has 0 fully saturated rings. The third kappa shape index (κ3) is 2.63. The normalized spacial score (nSPS) is 19.2. The number of hydrogen-bond donors (Lipinski definition) is 0. The van der Waals surface area contributed by atoms with Crippen LogP contribution in [0.25, 0.3) is 0 Å². The van der Waals surface area contributed by atoms with Crippen LogP contribution < -0.4 is 4.90 Å². The van der Waals surface area contributed by atoms with E-state index in [4.69, 9.17) is 4.74 Å². The molecule has 0 amide bonds. The van der Waals surface area contributed by atoms with Gasteiger partial charge < -0.3 is 9.64 Å². The van der Waals surface area contributed by atoms with Crippen LogP contribution in [0.1, 0.15) is 37.8 Å². The highest BCUT2D eigenvalue weighted by Crippen LogP contribution is 2.33. The van der Waals surface area contributed by atoms with Gasteiger partial charge in [-0.1, -0.05) is 6.92 Å². The number of cyclic esters (lactones) is 1. The Morgan fingerprint density at radius 3 is 2.86 bits per heavy atom. The van der Waals surface area contributed by atoms with E-state index >= 15 is 0 Å². The first kappa shape index (κ1) is 14.8. The quantitative estimate of drug-likeness (QED) is 0.806. The van der Waals surface area contributed by atoms with Crippen LogP contribution in [0, 0.1) is 6.92 Å². The highest BCUT2D eigenvalue weighted by molar-refractivity contribution is 6.42. The fraction of sp³-hybridized carbons (Fsp3) is 0.471. The first-order chi connectivity index (χ1) is 10.6. The van der Waals surface area contributed by atoms with Crippen molar-refractivity contribution in [2.24, 2.45) is 9.98 Å². The Labute approximate surface area is 130 Å². The minimum absolute atomic E-state index is 0.156. The van der Waals surface area contributed by atoms with E-state index in [9.17, 15) is 4.79 Å². The van der Waals surface area contributed by atoms with Crippen LogP contribution in [0.5, 0.6) is 0 Å². The Morgan fingerprint density at radius 2 is 2.18 bits per heavy atom. The third-order valence-electron chi connectivity index (χ3n) is 4.15. The zero-order valence-corrected chi connectivity index (χ0v) is 13.3. The highest BCUT2D eigenvalue weighted by atomic mass is 16.6. The van der Waals surface area contributed by atoms with E-state index < -0.39 is 5.97 Å². The van der Waals surface area contributed by atoms with Gasteiger partial charge in [-0.3, -0.25) is 0 Å². The van der Waals surface area contributed by atoms with E-state index in [1.54, 1.807) is 0 Å². The maximum Gasteiger partial charge on any atom is 0.382 e. The minimum atomic E-state index is -0.454. The highest BCUT2D eigenvalue weighted by Gasteiger charge is 2.24. The summed E-state index contributed by atoms with van der Waals surface area (Å²) >= 11 is 0. The molecule has 2 aliphatic heterocycles. The average Bonchev–Trinajstić information content (AvgIpc) is 2.88. The van der Waals surface area contributed by atoms with E-state index in [2.05, 4.69) is 33.9 Å². The summed E-state index contributed by atoms with van der Waals surface area (Å²) in [5.41, 5.74) is 4.45. The van der Waals surface area contributed by atoms with Gasteiger partial charge in [0.1, 0.15) is 0 Å². The van der Waals surface area contributed by atoms with Crippen LogP contribution in [-0.2, 0) is 16.0 Å². The van der Waals surface area contributed by atoms with Crippen LogP contribution in [-0.4, -0.2) is 30.8 Å². The summed E-state index contributed by atoms with van der Waals surface area (Å²) in [5.74, 6) is 0.142. The molecular weight excluding hydrogens is 278 g/mol. The van der Waals surface area contributed by atoms with Crippen molar-refractivity contribution in [2.75, 3.05) is 18.0 Å². The van der Waals surface area contributed by atoms with Crippen molar-refractivity contribution >= 4 is 29.1 Å². The van der Waals surface area contributed by atoms with Crippen molar-refractivity contribution in [1.29, 1.82) is 0 Å².